The summed E-state index contributed by atoms with van der Waals surface area (Å²) in [6.07, 6.45) is 26.1. The van der Waals surface area contributed by atoms with Gasteiger partial charge in [-0.1, -0.05) is 100 Å². The fourth-order valence-electron chi connectivity index (χ4n) is 6.28. The second-order valence-corrected chi connectivity index (χ2v) is 20.6. The molecule has 0 saturated carbocycles. The maximum atomic E-state index is 7.02. The highest BCUT2D eigenvalue weighted by Gasteiger charge is 2.39. The maximum absolute atomic E-state index is 7.02. The van der Waals surface area contributed by atoms with Gasteiger partial charge in [-0.05, 0) is 87.2 Å². The zero-order valence-electron chi connectivity index (χ0n) is 33.0. The number of terminal acetylenes is 1. The Bertz CT molecular complexity index is 1360. The Morgan fingerprint density at radius 2 is 1.88 bits per heavy atom. The van der Waals surface area contributed by atoms with Gasteiger partial charge in [-0.2, -0.15) is 0 Å². The Hall–Kier alpha value is -2.70. The highest BCUT2D eigenvalue weighted by atomic mass is 28.4. The van der Waals surface area contributed by atoms with Crippen molar-refractivity contribution >= 4 is 8.32 Å². The smallest absolute Gasteiger partial charge is 0.192 e. The lowest BCUT2D eigenvalue weighted by atomic mass is 9.91. The van der Waals surface area contributed by atoms with E-state index >= 15 is 0 Å². The van der Waals surface area contributed by atoms with Crippen molar-refractivity contribution in [2.75, 3.05) is 20.8 Å². The van der Waals surface area contributed by atoms with Crippen LogP contribution in [0.25, 0.3) is 0 Å². The van der Waals surface area contributed by atoms with E-state index in [9.17, 15) is 0 Å². The molecule has 2 unspecified atom stereocenters. The minimum absolute atomic E-state index is 0.0239. The average molecular weight is 719 g/mol. The molecule has 0 aromatic heterocycles. The summed E-state index contributed by atoms with van der Waals surface area (Å²) in [5, 5.41) is 0.0825. The van der Waals surface area contributed by atoms with E-state index in [1.54, 1.807) is 14.2 Å². The number of ether oxygens (including phenoxy) is 5. The van der Waals surface area contributed by atoms with Crippen molar-refractivity contribution in [3.63, 3.8) is 0 Å². The van der Waals surface area contributed by atoms with Crippen LogP contribution >= 0.6 is 0 Å². The van der Waals surface area contributed by atoms with Crippen LogP contribution in [0.4, 0.5) is 0 Å². The monoisotopic (exact) mass is 718 g/mol. The fraction of sp³-hybridized carbons (Fsp3) is 0.591. The van der Waals surface area contributed by atoms with E-state index in [4.69, 9.17) is 34.5 Å². The molecule has 0 bridgehead atoms. The summed E-state index contributed by atoms with van der Waals surface area (Å²) >= 11 is 0. The van der Waals surface area contributed by atoms with Crippen molar-refractivity contribution in [3.05, 3.63) is 90.1 Å². The number of hydrogen-bond acceptors (Lipinski definition) is 6. The number of rotatable bonds is 20. The molecule has 2 aliphatic rings. The normalized spacial score (nSPS) is 22.4. The second kappa shape index (κ2) is 21.1. The van der Waals surface area contributed by atoms with Crippen molar-refractivity contribution in [2.45, 2.75) is 141 Å². The quantitative estimate of drug-likeness (QED) is 0.0760. The molecule has 2 aliphatic heterocycles. The lowest BCUT2D eigenvalue weighted by Crippen LogP contribution is -2.43. The zero-order valence-corrected chi connectivity index (χ0v) is 34.0. The first-order valence-electron chi connectivity index (χ1n) is 18.7. The molecule has 7 heteroatoms. The topological polar surface area (TPSA) is 55.4 Å². The fourth-order valence-corrected chi connectivity index (χ4v) is 7.56. The Kier molecular flexibility index (Phi) is 17.7. The van der Waals surface area contributed by atoms with Gasteiger partial charge in [-0.15, -0.1) is 12.3 Å². The third kappa shape index (κ3) is 15.1. The van der Waals surface area contributed by atoms with Gasteiger partial charge in [0.05, 0.1) is 50.8 Å². The molecule has 0 spiro atoms. The van der Waals surface area contributed by atoms with Gasteiger partial charge < -0.3 is 28.1 Å². The summed E-state index contributed by atoms with van der Waals surface area (Å²) < 4.78 is 37.2. The predicted octanol–water partition coefficient (Wildman–Crippen LogP) is 10.3. The third-order valence-electron chi connectivity index (χ3n) is 10.2. The van der Waals surface area contributed by atoms with Gasteiger partial charge in [0.15, 0.2) is 8.32 Å². The van der Waals surface area contributed by atoms with Gasteiger partial charge in [0.2, 0.25) is 0 Å². The van der Waals surface area contributed by atoms with E-state index in [2.05, 4.69) is 103 Å². The Morgan fingerprint density at radius 1 is 1.14 bits per heavy atom. The van der Waals surface area contributed by atoms with Crippen LogP contribution in [-0.4, -0.2) is 65.8 Å². The minimum atomic E-state index is -2.07. The summed E-state index contributed by atoms with van der Waals surface area (Å²) in [7, 11) is 1.35. The molecule has 0 fully saturated rings. The SMILES string of the molecule is C#CC[C@@H]1C=CC[C@@H](C[C@@H](C)CC(=C)CC(C=CC[C@H](OCc2ccc(OC)cc2)C(C=C[C@@H]2CC(C)=CCO2)OC)O[Si](C)(C)C(C)(C)C)O1. The second-order valence-electron chi connectivity index (χ2n) is 15.9. The molecular weight excluding hydrogens is 653 g/mol. The van der Waals surface area contributed by atoms with Crippen LogP contribution in [0.2, 0.25) is 18.1 Å². The Balaban J connectivity index is 1.74. The number of hydrogen-bond donors (Lipinski definition) is 0. The largest absolute Gasteiger partial charge is 0.497 e. The number of methoxy groups -OCH3 is 2. The van der Waals surface area contributed by atoms with Gasteiger partial charge in [0, 0.05) is 13.5 Å². The molecule has 2 heterocycles. The van der Waals surface area contributed by atoms with Gasteiger partial charge in [-0.25, -0.2) is 0 Å². The minimum Gasteiger partial charge on any atom is -0.497 e. The Labute approximate surface area is 311 Å². The van der Waals surface area contributed by atoms with Crippen LogP contribution in [0.15, 0.2) is 84.5 Å². The van der Waals surface area contributed by atoms with Crippen LogP contribution in [0.1, 0.15) is 85.1 Å². The van der Waals surface area contributed by atoms with Crippen molar-refractivity contribution in [2.24, 2.45) is 5.92 Å². The van der Waals surface area contributed by atoms with E-state index in [0.29, 0.717) is 32.0 Å². The predicted molar refractivity (Wildman–Crippen MR) is 213 cm³/mol. The summed E-state index contributed by atoms with van der Waals surface area (Å²) in [5.41, 5.74) is 3.62. The van der Waals surface area contributed by atoms with Crippen molar-refractivity contribution < 1.29 is 28.1 Å². The lowest BCUT2D eigenvalue weighted by Gasteiger charge is -2.39. The average Bonchev–Trinajstić information content (AvgIpc) is 3.06. The molecule has 0 saturated heterocycles. The maximum Gasteiger partial charge on any atom is 0.192 e. The van der Waals surface area contributed by atoms with Gasteiger partial charge in [0.25, 0.3) is 0 Å². The standard InChI is InChI=1S/C44H66O6Si/c1-12-15-38-16-13-17-40(49-38)30-34(3)28-35(4)31-41(50-51(10,11)44(5,6)7)18-14-19-43(48-32-36-20-22-37(45-8)23-21-36)42(46-9)25-24-39-29-33(2)26-27-47-39/h1,13-14,16,18,20-26,34,38-43H,4,15,17,19,27-32H2,2-3,5-11H3/t34-,38+,39+,40-,41?,42?,43-/m0/s1. The van der Waals surface area contributed by atoms with Crippen LogP contribution in [0.5, 0.6) is 5.75 Å². The van der Waals surface area contributed by atoms with Crippen molar-refractivity contribution in [3.8, 4) is 18.1 Å². The van der Waals surface area contributed by atoms with Crippen molar-refractivity contribution in [1.29, 1.82) is 0 Å². The molecular formula is C44H66O6Si. The Morgan fingerprint density at radius 3 is 2.53 bits per heavy atom. The van der Waals surface area contributed by atoms with Gasteiger partial charge in [-0.3, -0.25) is 0 Å². The first-order valence-corrected chi connectivity index (χ1v) is 21.6. The first-order chi connectivity index (χ1) is 24.2. The van der Waals surface area contributed by atoms with E-state index < -0.39 is 8.32 Å². The molecule has 1 aromatic rings. The summed E-state index contributed by atoms with van der Waals surface area (Å²) in [4.78, 5) is 0. The van der Waals surface area contributed by atoms with Crippen LogP contribution in [0.3, 0.4) is 0 Å². The summed E-state index contributed by atoms with van der Waals surface area (Å²) in [5.74, 6) is 3.99. The molecule has 7 atom stereocenters. The molecule has 282 valence electrons. The van der Waals surface area contributed by atoms with E-state index in [1.165, 1.54) is 11.1 Å². The first kappa shape index (κ1) is 42.7. The van der Waals surface area contributed by atoms with Crippen molar-refractivity contribution in [1.82, 2.24) is 0 Å². The molecule has 6 nitrogen and oxygen atoms in total. The van der Waals surface area contributed by atoms with Gasteiger partial charge >= 0.3 is 0 Å². The van der Waals surface area contributed by atoms with E-state index in [0.717, 1.165) is 43.4 Å². The molecule has 0 aliphatic carbocycles. The van der Waals surface area contributed by atoms with Crippen LogP contribution < -0.4 is 4.74 Å². The summed E-state index contributed by atoms with van der Waals surface area (Å²) in [6.45, 7) is 21.6. The van der Waals surface area contributed by atoms with E-state index in [1.807, 2.05) is 24.3 Å². The molecule has 0 radical (unpaired) electrons. The molecule has 1 aromatic carbocycles. The van der Waals surface area contributed by atoms with Crippen LogP contribution in [-0.2, 0) is 30.0 Å². The summed E-state index contributed by atoms with van der Waals surface area (Å²) in [6, 6.07) is 8.00. The highest BCUT2D eigenvalue weighted by molar-refractivity contribution is 6.74. The lowest BCUT2D eigenvalue weighted by molar-refractivity contribution is -0.0420. The van der Waals surface area contributed by atoms with Crippen LogP contribution in [0, 0.1) is 18.3 Å². The van der Waals surface area contributed by atoms with E-state index in [-0.39, 0.29) is 41.7 Å². The molecule has 3 rings (SSSR count). The zero-order chi connectivity index (χ0) is 37.4. The third-order valence-corrected chi connectivity index (χ3v) is 14.7. The highest BCUT2D eigenvalue weighted by Crippen LogP contribution is 2.38. The molecule has 0 amide bonds. The number of benzene rings is 1. The van der Waals surface area contributed by atoms with Gasteiger partial charge in [0.1, 0.15) is 11.9 Å². The molecule has 0 N–H and O–H groups in total. The molecule has 51 heavy (non-hydrogen) atoms.